The Hall–Kier alpha value is -1.89. The average Bonchev–Trinajstić information content (AvgIpc) is 3.20. The number of alkyl halides is 1. The quantitative estimate of drug-likeness (QED) is 0.345. The maximum Gasteiger partial charge on any atom is 0.332 e. The molecule has 1 saturated heterocycles. The van der Waals surface area contributed by atoms with Crippen molar-refractivity contribution in [3.8, 4) is 0 Å². The smallest absolute Gasteiger partial charge is 0.332 e. The fraction of sp³-hybridized carbons (Fsp3) is 0.538. The molecule has 3 rings (SSSR count). The van der Waals surface area contributed by atoms with Gasteiger partial charge in [-0.05, 0) is 11.6 Å². The second kappa shape index (κ2) is 8.64. The van der Waals surface area contributed by atoms with E-state index in [1.807, 2.05) is 0 Å². The minimum atomic E-state index is -3.08. The van der Waals surface area contributed by atoms with Crippen LogP contribution in [-0.2, 0) is 27.9 Å². The van der Waals surface area contributed by atoms with Gasteiger partial charge in [0.25, 0.3) is 0 Å². The molecule has 3 heterocycles. The number of nitrogens with zero attached hydrogens (tertiary/aromatic N) is 4. The lowest BCUT2D eigenvalue weighted by Crippen LogP contribution is -2.31. The van der Waals surface area contributed by atoms with Gasteiger partial charge in [-0.15, -0.1) is 0 Å². The molecule has 1 unspecified atom stereocenters. The summed E-state index contributed by atoms with van der Waals surface area (Å²) >= 11 is 5.77. The molecule has 0 amide bonds. The van der Waals surface area contributed by atoms with E-state index in [9.17, 15) is 18.9 Å². The number of aliphatic hydroxyl groups is 1. The number of carbonyl (C=O) groups is 1. The van der Waals surface area contributed by atoms with Gasteiger partial charge < -0.3 is 24.8 Å². The first-order valence-corrected chi connectivity index (χ1v) is 9.41. The van der Waals surface area contributed by atoms with Crippen LogP contribution in [0.1, 0.15) is 6.23 Å². The van der Waals surface area contributed by atoms with E-state index in [1.165, 1.54) is 10.9 Å². The minimum absolute atomic E-state index is 0.00365. The fourth-order valence-corrected chi connectivity index (χ4v) is 3.32. The number of hydrogen-bond acceptors (Lipinski definition) is 11. The van der Waals surface area contributed by atoms with Gasteiger partial charge in [0.15, 0.2) is 30.5 Å². The Morgan fingerprint density at radius 3 is 2.96 bits per heavy atom. The normalized spacial score (nSPS) is 25.9. The third-order valence-electron chi connectivity index (χ3n) is 3.89. The van der Waals surface area contributed by atoms with Gasteiger partial charge in [0.1, 0.15) is 17.7 Å². The summed E-state index contributed by atoms with van der Waals surface area (Å²) < 4.78 is 46.8. The maximum atomic E-state index is 14.6. The third-order valence-corrected chi connectivity index (χ3v) is 4.84. The number of imidazole rings is 1. The number of halogens is 2. The standard InChI is InChI=1S/C13H16ClFN5O7P/c1-24-6(21)3-26-28(23)25-2-5-9(22)7(15)12(27-5)20-4-17-8-10(16)18-13(14)19-11(8)20/h4-5,7,9,12,22,28H,2-3H2,1H3,(H2,16,18,19)/t5-,7+,9-,12-/m1/s1. The van der Waals surface area contributed by atoms with E-state index in [4.69, 9.17) is 26.6 Å². The van der Waals surface area contributed by atoms with Crippen molar-refractivity contribution >= 4 is 42.8 Å². The molecule has 1 fully saturated rings. The van der Waals surface area contributed by atoms with Crippen LogP contribution in [0.5, 0.6) is 0 Å². The fourth-order valence-electron chi connectivity index (χ4n) is 2.53. The molecule has 1 aliphatic heterocycles. The lowest BCUT2D eigenvalue weighted by atomic mass is 10.1. The zero-order chi connectivity index (χ0) is 20.4. The van der Waals surface area contributed by atoms with Gasteiger partial charge in [-0.1, -0.05) is 0 Å². The molecule has 2 aromatic heterocycles. The zero-order valence-electron chi connectivity index (χ0n) is 14.3. The van der Waals surface area contributed by atoms with Crippen LogP contribution in [0.15, 0.2) is 6.33 Å². The molecule has 3 N–H and O–H groups in total. The molecule has 154 valence electrons. The monoisotopic (exact) mass is 439 g/mol. The zero-order valence-corrected chi connectivity index (χ0v) is 16.1. The summed E-state index contributed by atoms with van der Waals surface area (Å²) in [6.45, 7) is -1.01. The SMILES string of the molecule is COC(=O)CO[PH](=O)OC[C@H]1O[C@@H](n2cnc3c(N)nc(Cl)nc32)[C@@H](F)[C@@H]1O. The van der Waals surface area contributed by atoms with Crippen LogP contribution >= 0.6 is 19.9 Å². The molecule has 12 nitrogen and oxygen atoms in total. The van der Waals surface area contributed by atoms with E-state index in [2.05, 4.69) is 24.2 Å². The van der Waals surface area contributed by atoms with E-state index in [1.54, 1.807) is 0 Å². The molecule has 0 spiro atoms. The molecule has 5 atom stereocenters. The van der Waals surface area contributed by atoms with Crippen LogP contribution < -0.4 is 5.73 Å². The van der Waals surface area contributed by atoms with Crippen LogP contribution in [0.25, 0.3) is 11.2 Å². The number of methoxy groups -OCH3 is 1. The number of ether oxygens (including phenoxy) is 2. The van der Waals surface area contributed by atoms with Crippen molar-refractivity contribution in [2.45, 2.75) is 24.6 Å². The summed E-state index contributed by atoms with van der Waals surface area (Å²) in [6, 6.07) is 0. The number of nitrogens with two attached hydrogens (primary N) is 1. The highest BCUT2D eigenvalue weighted by Gasteiger charge is 2.46. The van der Waals surface area contributed by atoms with E-state index in [0.717, 1.165) is 7.11 Å². The van der Waals surface area contributed by atoms with Gasteiger partial charge in [-0.2, -0.15) is 9.97 Å². The molecular formula is C13H16ClFN5O7P. The van der Waals surface area contributed by atoms with Crippen molar-refractivity contribution < 1.29 is 37.4 Å². The minimum Gasteiger partial charge on any atom is -0.467 e. The molecule has 0 saturated carbocycles. The van der Waals surface area contributed by atoms with Crippen molar-refractivity contribution in [3.63, 3.8) is 0 Å². The Morgan fingerprint density at radius 2 is 2.25 bits per heavy atom. The van der Waals surface area contributed by atoms with Gasteiger partial charge in [0, 0.05) is 0 Å². The van der Waals surface area contributed by atoms with Crippen LogP contribution in [0.2, 0.25) is 5.28 Å². The highest BCUT2D eigenvalue weighted by Crippen LogP contribution is 2.36. The van der Waals surface area contributed by atoms with E-state index >= 15 is 0 Å². The van der Waals surface area contributed by atoms with Gasteiger partial charge in [-0.3, -0.25) is 13.7 Å². The number of esters is 1. The van der Waals surface area contributed by atoms with Crippen LogP contribution in [0.3, 0.4) is 0 Å². The summed E-state index contributed by atoms with van der Waals surface area (Å²) in [5.41, 5.74) is 6.02. The van der Waals surface area contributed by atoms with E-state index < -0.39 is 52.0 Å². The predicted molar refractivity (Wildman–Crippen MR) is 92.5 cm³/mol. The molecule has 0 aromatic carbocycles. The number of nitrogen functional groups attached to an aromatic ring is 1. The Bertz CT molecular complexity index is 902. The van der Waals surface area contributed by atoms with Gasteiger partial charge >= 0.3 is 14.2 Å². The van der Waals surface area contributed by atoms with Crippen molar-refractivity contribution in [2.75, 3.05) is 26.1 Å². The molecule has 2 aromatic rings. The molecule has 0 aliphatic carbocycles. The Morgan fingerprint density at radius 1 is 1.50 bits per heavy atom. The largest absolute Gasteiger partial charge is 0.467 e. The summed E-state index contributed by atoms with van der Waals surface area (Å²) in [7, 11) is -1.94. The number of hydrogen-bond donors (Lipinski definition) is 2. The first-order chi connectivity index (χ1) is 13.3. The number of anilines is 1. The van der Waals surface area contributed by atoms with Crippen molar-refractivity contribution in [2.24, 2.45) is 0 Å². The van der Waals surface area contributed by atoms with E-state index in [-0.39, 0.29) is 22.3 Å². The van der Waals surface area contributed by atoms with Gasteiger partial charge in [0.05, 0.1) is 20.0 Å². The van der Waals surface area contributed by atoms with Crippen LogP contribution in [-0.4, -0.2) is 69.3 Å². The topological polar surface area (TPSA) is 161 Å². The molecule has 0 radical (unpaired) electrons. The molecule has 28 heavy (non-hydrogen) atoms. The first kappa shape index (κ1) is 20.8. The maximum absolute atomic E-state index is 14.6. The second-order valence-corrected chi connectivity index (χ2v) is 7.04. The van der Waals surface area contributed by atoms with Gasteiger partial charge in [-0.25, -0.2) is 14.2 Å². The summed E-state index contributed by atoms with van der Waals surface area (Å²) in [6.07, 6.45) is -4.71. The van der Waals surface area contributed by atoms with Crippen molar-refractivity contribution in [1.29, 1.82) is 0 Å². The molecule has 15 heteroatoms. The Kier molecular flexibility index (Phi) is 6.43. The highest BCUT2D eigenvalue weighted by molar-refractivity contribution is 7.33. The van der Waals surface area contributed by atoms with Gasteiger partial charge in [0.2, 0.25) is 5.28 Å². The number of aliphatic hydroxyl groups excluding tert-OH is 1. The summed E-state index contributed by atoms with van der Waals surface area (Å²) in [5.74, 6) is -0.737. The summed E-state index contributed by atoms with van der Waals surface area (Å²) in [5, 5.41) is 9.91. The highest BCUT2D eigenvalue weighted by atomic mass is 35.5. The predicted octanol–water partition coefficient (Wildman–Crippen LogP) is 0.254. The number of rotatable bonds is 7. The average molecular weight is 440 g/mol. The lowest BCUT2D eigenvalue weighted by Gasteiger charge is -2.15. The van der Waals surface area contributed by atoms with E-state index in [0.29, 0.717) is 0 Å². The second-order valence-electron chi connectivity index (χ2n) is 5.63. The Labute approximate surface area is 162 Å². The van der Waals surface area contributed by atoms with Crippen molar-refractivity contribution in [3.05, 3.63) is 11.6 Å². The molecule has 0 bridgehead atoms. The molecule has 1 aliphatic rings. The Balaban J connectivity index is 1.68. The van der Waals surface area contributed by atoms with Crippen LogP contribution in [0.4, 0.5) is 10.2 Å². The number of fused-ring (bicyclic) bond motifs is 1. The number of aromatic nitrogens is 4. The van der Waals surface area contributed by atoms with Crippen molar-refractivity contribution in [1.82, 2.24) is 19.5 Å². The first-order valence-electron chi connectivity index (χ1n) is 7.81. The lowest BCUT2D eigenvalue weighted by molar-refractivity contribution is -0.143. The van der Waals surface area contributed by atoms with Crippen LogP contribution in [0, 0.1) is 0 Å². The molecular weight excluding hydrogens is 424 g/mol. The summed E-state index contributed by atoms with van der Waals surface area (Å²) in [4.78, 5) is 22.6. The third kappa shape index (κ3) is 4.24. The number of carbonyl (C=O) groups excluding carboxylic acids is 1.